The SMILES string of the molecule is COc1ccc(C(=O)c2cc(C)cn2C/C=C/c2cc(OCC(=O)[O-])ccc2OC)cc1. The smallest absolute Gasteiger partial charge is 0.209 e. The fraction of sp³-hybridized carbons (Fsp3) is 0.200. The molecule has 7 heteroatoms. The molecule has 1 aromatic heterocycles. The predicted octanol–water partition coefficient (Wildman–Crippen LogP) is 2.89. The summed E-state index contributed by atoms with van der Waals surface area (Å²) in [6.07, 6.45) is 5.64. The molecular weight excluding hydrogens is 410 g/mol. The molecule has 0 aliphatic rings. The van der Waals surface area contributed by atoms with E-state index in [1.165, 1.54) is 0 Å². The molecule has 7 nitrogen and oxygen atoms in total. The zero-order chi connectivity index (χ0) is 23.1. The van der Waals surface area contributed by atoms with Gasteiger partial charge >= 0.3 is 0 Å². The van der Waals surface area contributed by atoms with Crippen LogP contribution in [0.25, 0.3) is 6.08 Å². The van der Waals surface area contributed by atoms with Gasteiger partial charge < -0.3 is 28.7 Å². The van der Waals surface area contributed by atoms with Crippen molar-refractivity contribution in [1.82, 2.24) is 4.57 Å². The van der Waals surface area contributed by atoms with Gasteiger partial charge in [-0.15, -0.1) is 0 Å². The number of ketones is 1. The van der Waals surface area contributed by atoms with Crippen LogP contribution in [0.4, 0.5) is 0 Å². The Morgan fingerprint density at radius 2 is 1.72 bits per heavy atom. The second-order valence-electron chi connectivity index (χ2n) is 7.08. The fourth-order valence-electron chi connectivity index (χ4n) is 3.26. The van der Waals surface area contributed by atoms with Crippen LogP contribution in [0.1, 0.15) is 27.2 Å². The van der Waals surface area contributed by atoms with Crippen LogP contribution in [0, 0.1) is 6.92 Å². The van der Waals surface area contributed by atoms with Crippen LogP contribution in [0.5, 0.6) is 17.2 Å². The summed E-state index contributed by atoms with van der Waals surface area (Å²) in [7, 11) is 3.13. The average molecular weight is 434 g/mol. The second-order valence-corrected chi connectivity index (χ2v) is 7.08. The number of benzene rings is 2. The van der Waals surface area contributed by atoms with Crippen LogP contribution in [0.2, 0.25) is 0 Å². The Morgan fingerprint density at radius 1 is 1.00 bits per heavy atom. The number of aryl methyl sites for hydroxylation is 1. The van der Waals surface area contributed by atoms with E-state index in [2.05, 4.69) is 0 Å². The number of carboxylic acids is 1. The maximum atomic E-state index is 13.0. The Balaban J connectivity index is 1.79. The first-order valence-electron chi connectivity index (χ1n) is 9.94. The van der Waals surface area contributed by atoms with Crippen LogP contribution < -0.4 is 19.3 Å². The van der Waals surface area contributed by atoms with Gasteiger partial charge in [-0.05, 0) is 61.0 Å². The third-order valence-electron chi connectivity index (χ3n) is 4.78. The first-order valence-corrected chi connectivity index (χ1v) is 9.94. The van der Waals surface area contributed by atoms with Crippen molar-refractivity contribution >= 4 is 17.8 Å². The van der Waals surface area contributed by atoms with Gasteiger partial charge in [-0.1, -0.05) is 12.2 Å². The van der Waals surface area contributed by atoms with Crippen LogP contribution in [-0.4, -0.2) is 37.1 Å². The molecule has 0 aliphatic heterocycles. The van der Waals surface area contributed by atoms with Crippen molar-refractivity contribution in [1.29, 1.82) is 0 Å². The van der Waals surface area contributed by atoms with Gasteiger partial charge in [0.2, 0.25) is 5.78 Å². The van der Waals surface area contributed by atoms with Crippen LogP contribution in [-0.2, 0) is 11.3 Å². The highest BCUT2D eigenvalue weighted by Crippen LogP contribution is 2.25. The molecule has 0 aliphatic carbocycles. The Hall–Kier alpha value is -4.00. The number of carbonyl (C=O) groups is 2. The number of ether oxygens (including phenoxy) is 3. The Labute approximate surface area is 186 Å². The van der Waals surface area contributed by atoms with E-state index in [9.17, 15) is 14.7 Å². The number of allylic oxidation sites excluding steroid dienone is 1. The zero-order valence-corrected chi connectivity index (χ0v) is 18.2. The number of carboxylic acid groups (broad SMARTS) is 1. The van der Waals surface area contributed by atoms with Crippen molar-refractivity contribution in [2.24, 2.45) is 0 Å². The van der Waals surface area contributed by atoms with Crippen molar-refractivity contribution in [2.45, 2.75) is 13.5 Å². The second kappa shape index (κ2) is 10.3. The third-order valence-corrected chi connectivity index (χ3v) is 4.78. The number of methoxy groups -OCH3 is 2. The van der Waals surface area contributed by atoms with E-state index in [4.69, 9.17) is 14.2 Å². The lowest BCUT2D eigenvalue weighted by atomic mass is 10.1. The first kappa shape index (κ1) is 22.7. The summed E-state index contributed by atoms with van der Waals surface area (Å²) in [5, 5.41) is 10.6. The molecule has 0 saturated carbocycles. The number of rotatable bonds is 10. The Kier molecular flexibility index (Phi) is 7.33. The summed E-state index contributed by atoms with van der Waals surface area (Å²) in [4.78, 5) is 23.6. The number of nitrogens with zero attached hydrogens (tertiary/aromatic N) is 1. The van der Waals surface area contributed by atoms with Crippen LogP contribution >= 0.6 is 0 Å². The molecule has 3 rings (SSSR count). The van der Waals surface area contributed by atoms with Gasteiger partial charge in [0.1, 0.15) is 23.9 Å². The lowest BCUT2D eigenvalue weighted by molar-refractivity contribution is -0.307. The third kappa shape index (κ3) is 5.57. The fourth-order valence-corrected chi connectivity index (χ4v) is 3.26. The molecule has 0 bridgehead atoms. The molecule has 166 valence electrons. The van der Waals surface area contributed by atoms with Crippen LogP contribution in [0.3, 0.4) is 0 Å². The highest BCUT2D eigenvalue weighted by Gasteiger charge is 2.14. The molecule has 0 spiro atoms. The molecule has 2 aromatic carbocycles. The van der Waals surface area contributed by atoms with E-state index in [-0.39, 0.29) is 5.78 Å². The van der Waals surface area contributed by atoms with E-state index in [1.807, 2.05) is 35.9 Å². The monoisotopic (exact) mass is 434 g/mol. The zero-order valence-electron chi connectivity index (χ0n) is 18.2. The summed E-state index contributed by atoms with van der Waals surface area (Å²) in [6, 6.07) is 13.9. The van der Waals surface area contributed by atoms with E-state index in [1.54, 1.807) is 56.7 Å². The Morgan fingerprint density at radius 3 is 2.38 bits per heavy atom. The maximum absolute atomic E-state index is 13.0. The molecule has 0 fully saturated rings. The summed E-state index contributed by atoms with van der Waals surface area (Å²) >= 11 is 0. The highest BCUT2D eigenvalue weighted by atomic mass is 16.5. The van der Waals surface area contributed by atoms with E-state index in [0.717, 1.165) is 11.1 Å². The molecule has 1 heterocycles. The first-order chi connectivity index (χ1) is 15.4. The van der Waals surface area contributed by atoms with Crippen molar-refractivity contribution in [2.75, 3.05) is 20.8 Å². The molecular formula is C25H24NO6-. The van der Waals surface area contributed by atoms with Gasteiger partial charge in [0.15, 0.2) is 0 Å². The molecule has 0 amide bonds. The topological polar surface area (TPSA) is 89.8 Å². The van der Waals surface area contributed by atoms with E-state index in [0.29, 0.717) is 35.1 Å². The molecule has 0 N–H and O–H groups in total. The predicted molar refractivity (Wildman–Crippen MR) is 118 cm³/mol. The Bertz CT molecular complexity index is 1130. The van der Waals surface area contributed by atoms with Gasteiger partial charge in [-0.2, -0.15) is 0 Å². The van der Waals surface area contributed by atoms with Gasteiger partial charge in [0, 0.05) is 23.9 Å². The summed E-state index contributed by atoms with van der Waals surface area (Å²) in [5.41, 5.74) is 2.85. The number of hydrogen-bond acceptors (Lipinski definition) is 6. The number of carbonyl (C=O) groups excluding carboxylic acids is 2. The molecule has 0 unspecified atom stereocenters. The van der Waals surface area contributed by atoms with E-state index < -0.39 is 12.6 Å². The number of aromatic nitrogens is 1. The summed E-state index contributed by atoms with van der Waals surface area (Å²) in [6.45, 7) is 1.86. The van der Waals surface area contributed by atoms with Crippen LogP contribution in [0.15, 0.2) is 60.8 Å². The highest BCUT2D eigenvalue weighted by molar-refractivity contribution is 6.08. The van der Waals surface area contributed by atoms with E-state index >= 15 is 0 Å². The molecule has 32 heavy (non-hydrogen) atoms. The average Bonchev–Trinajstić information content (AvgIpc) is 3.17. The molecule has 3 aromatic rings. The molecule has 0 atom stereocenters. The lowest BCUT2D eigenvalue weighted by Crippen LogP contribution is -2.28. The molecule has 0 radical (unpaired) electrons. The number of hydrogen-bond donors (Lipinski definition) is 0. The van der Waals surface area contributed by atoms with Crippen molar-refractivity contribution in [3.8, 4) is 17.2 Å². The standard InChI is InChI=1S/C25H25NO6/c1-17-13-22(25(29)18-6-8-20(30-2)9-7-18)26(15-17)12-4-5-19-14-21(32-16-24(27)28)10-11-23(19)31-3/h4-11,13-15H,12,16H2,1-3H3,(H,27,28)/p-1/b5-4+. The minimum atomic E-state index is -1.30. The lowest BCUT2D eigenvalue weighted by Gasteiger charge is -2.10. The van der Waals surface area contributed by atoms with Gasteiger partial charge in [-0.3, -0.25) is 4.79 Å². The van der Waals surface area contributed by atoms with Gasteiger partial charge in [0.25, 0.3) is 0 Å². The van der Waals surface area contributed by atoms with Crippen molar-refractivity contribution < 1.29 is 28.9 Å². The quantitative estimate of drug-likeness (QED) is 0.456. The molecule has 0 saturated heterocycles. The summed E-state index contributed by atoms with van der Waals surface area (Å²) in [5.74, 6) is 0.317. The summed E-state index contributed by atoms with van der Waals surface area (Å²) < 4.78 is 17.6. The van der Waals surface area contributed by atoms with Gasteiger partial charge in [0.05, 0.1) is 25.9 Å². The number of aliphatic carboxylic acids is 1. The minimum absolute atomic E-state index is 0.0792. The normalized spacial score (nSPS) is 10.8. The van der Waals surface area contributed by atoms with Gasteiger partial charge in [-0.25, -0.2) is 0 Å². The van der Waals surface area contributed by atoms with Crippen molar-refractivity contribution in [3.63, 3.8) is 0 Å². The largest absolute Gasteiger partial charge is 0.546 e. The van der Waals surface area contributed by atoms with Crippen molar-refractivity contribution in [3.05, 3.63) is 83.2 Å². The maximum Gasteiger partial charge on any atom is 0.209 e. The minimum Gasteiger partial charge on any atom is -0.546 e.